The van der Waals surface area contributed by atoms with Crippen molar-refractivity contribution in [3.8, 4) is 0 Å². The van der Waals surface area contributed by atoms with E-state index in [4.69, 9.17) is 13.6 Å². The second kappa shape index (κ2) is 16.5. The van der Waals surface area contributed by atoms with Gasteiger partial charge in [-0.15, -0.1) is 11.3 Å². The molecule has 9 heteroatoms. The summed E-state index contributed by atoms with van der Waals surface area (Å²) in [5, 5.41) is 2.93. The first-order chi connectivity index (χ1) is 22.1. The Balaban J connectivity index is 2.71. The summed E-state index contributed by atoms with van der Waals surface area (Å²) in [4.78, 5) is 33.6. The van der Waals surface area contributed by atoms with Crippen LogP contribution in [0.4, 0.5) is 0 Å². The van der Waals surface area contributed by atoms with E-state index in [0.717, 1.165) is 35.5 Å². The summed E-state index contributed by atoms with van der Waals surface area (Å²) in [6, 6.07) is 0. The lowest BCUT2D eigenvalue weighted by Crippen LogP contribution is -2.54. The van der Waals surface area contributed by atoms with E-state index < -0.39 is 34.3 Å². The van der Waals surface area contributed by atoms with Crippen LogP contribution in [0.2, 0.25) is 36.3 Å². The number of carbonyl (C=O) groups is 2. The Morgan fingerprint density at radius 2 is 1.53 bits per heavy atom. The van der Waals surface area contributed by atoms with Crippen LogP contribution in [0.5, 0.6) is 0 Å². The second-order valence-corrected chi connectivity index (χ2v) is 29.2. The van der Waals surface area contributed by atoms with E-state index in [2.05, 4.69) is 99.6 Å². The first kappa shape index (κ1) is 43.8. The zero-order valence-electron chi connectivity index (χ0n) is 34.4. The van der Waals surface area contributed by atoms with Gasteiger partial charge in [-0.05, 0) is 93.9 Å². The summed E-state index contributed by atoms with van der Waals surface area (Å²) >= 11 is 1.61. The molecule has 0 saturated carbocycles. The number of Topliss-reactive ketones (excluding diaryl/α,β-unsaturated/α-hetero) is 1. The summed E-state index contributed by atoms with van der Waals surface area (Å²) in [5.74, 6) is -0.496. The van der Waals surface area contributed by atoms with Crippen LogP contribution in [0.3, 0.4) is 0 Å². The normalized spacial score (nSPS) is 27.9. The number of hydrogen-bond acceptors (Lipinski definition) is 7. The third-order valence-corrected chi connectivity index (χ3v) is 21.5. The number of carbonyl (C=O) groups excluding carboxylic acids is 2. The molecule has 280 valence electrons. The largest absolute Gasteiger partial charge is 0.457 e. The van der Waals surface area contributed by atoms with Crippen LogP contribution in [0, 0.1) is 30.1 Å². The number of allylic oxidation sites excluding steroid dienone is 1. The molecule has 1 aliphatic rings. The summed E-state index contributed by atoms with van der Waals surface area (Å²) in [5.41, 5.74) is 2.14. The molecule has 0 spiro atoms. The molecule has 1 aliphatic heterocycles. The van der Waals surface area contributed by atoms with Gasteiger partial charge in [0.2, 0.25) is 0 Å². The van der Waals surface area contributed by atoms with Crippen LogP contribution < -0.4 is 0 Å². The molecule has 49 heavy (non-hydrogen) atoms. The van der Waals surface area contributed by atoms with E-state index in [1.165, 1.54) is 5.57 Å². The Morgan fingerprint density at radius 3 is 2.04 bits per heavy atom. The van der Waals surface area contributed by atoms with E-state index in [9.17, 15) is 9.59 Å². The maximum Gasteiger partial charge on any atom is 0.309 e. The number of aryl methyl sites for hydroxylation is 1. The first-order valence-corrected chi connectivity index (χ1v) is 25.2. The van der Waals surface area contributed by atoms with Gasteiger partial charge in [-0.2, -0.15) is 0 Å². The number of thiazole rings is 1. The second-order valence-electron chi connectivity index (χ2n) is 18.6. The van der Waals surface area contributed by atoms with Crippen LogP contribution in [0.25, 0.3) is 6.08 Å². The van der Waals surface area contributed by atoms with Crippen molar-refractivity contribution < 1.29 is 23.2 Å². The van der Waals surface area contributed by atoms with Crippen molar-refractivity contribution in [1.29, 1.82) is 0 Å². The lowest BCUT2D eigenvalue weighted by atomic mass is 9.73. The number of ketones is 1. The van der Waals surface area contributed by atoms with Gasteiger partial charge in [0.15, 0.2) is 16.6 Å². The van der Waals surface area contributed by atoms with Crippen molar-refractivity contribution in [1.82, 2.24) is 4.98 Å². The van der Waals surface area contributed by atoms with E-state index in [1.54, 1.807) is 11.3 Å². The highest BCUT2D eigenvalue weighted by molar-refractivity contribution is 7.09. The fourth-order valence-electron chi connectivity index (χ4n) is 6.30. The van der Waals surface area contributed by atoms with Gasteiger partial charge >= 0.3 is 5.97 Å². The minimum atomic E-state index is -2.40. The standard InChI is InChI=1S/C40H71NO5SSi2/c1-26-20-19-21-27(2)36(46-49(17,18)39(10,11)12)30(5)37(43)40(13,14)33(45-48(15,16)38(7,8)9)24-34(42)44-35(28(3)22-26)29(4)23-32-25-47-31(6)41-32/h22-23,25,27-28,30,33,35-36H,19-21,24H2,1-18H3/t27-,28-,30+,33-,35-,36-/m0/s1. The number of hydrogen-bond donors (Lipinski definition) is 0. The molecule has 0 aromatic carbocycles. The molecule has 1 aromatic rings. The smallest absolute Gasteiger partial charge is 0.309 e. The van der Waals surface area contributed by atoms with E-state index in [0.29, 0.717) is 0 Å². The highest BCUT2D eigenvalue weighted by atomic mass is 32.1. The maximum atomic E-state index is 14.9. The molecule has 6 nitrogen and oxygen atoms in total. The third kappa shape index (κ3) is 11.5. The molecular formula is C40H71NO5SSi2. The molecule has 2 rings (SSSR count). The van der Waals surface area contributed by atoms with Gasteiger partial charge in [-0.1, -0.05) is 87.8 Å². The van der Waals surface area contributed by atoms with Gasteiger partial charge in [-0.25, -0.2) is 4.98 Å². The predicted octanol–water partition coefficient (Wildman–Crippen LogP) is 11.6. The zero-order chi connectivity index (χ0) is 37.9. The average molecular weight is 734 g/mol. The zero-order valence-corrected chi connectivity index (χ0v) is 37.2. The SMILES string of the molecule is CC1=C[C@H](C)[C@@H](C(C)=Cc2csc(C)n2)OC(=O)C[C@H](O[Si](C)(C)C(C)(C)C)C(C)(C)C(=O)[C@H](C)[C@@H](O[Si](C)(C)C(C)(C)C)[C@@H](C)CCC1. The Labute approximate surface area is 306 Å². The van der Waals surface area contributed by atoms with Gasteiger partial charge in [0, 0.05) is 22.6 Å². The van der Waals surface area contributed by atoms with E-state index in [-0.39, 0.29) is 52.1 Å². The predicted molar refractivity (Wildman–Crippen MR) is 213 cm³/mol. The summed E-state index contributed by atoms with van der Waals surface area (Å²) in [7, 11) is -4.61. The quantitative estimate of drug-likeness (QED) is 0.165. The molecule has 0 saturated heterocycles. The topological polar surface area (TPSA) is 74.7 Å². The molecule has 0 unspecified atom stereocenters. The van der Waals surface area contributed by atoms with Crippen molar-refractivity contribution in [3.63, 3.8) is 0 Å². The van der Waals surface area contributed by atoms with Gasteiger partial charge in [0.1, 0.15) is 11.9 Å². The Morgan fingerprint density at radius 1 is 0.980 bits per heavy atom. The van der Waals surface area contributed by atoms with Crippen LogP contribution in [-0.4, -0.2) is 51.7 Å². The van der Waals surface area contributed by atoms with Crippen LogP contribution in [-0.2, 0) is 23.2 Å². The van der Waals surface area contributed by atoms with Gasteiger partial charge in [0.05, 0.1) is 29.3 Å². The Kier molecular flexibility index (Phi) is 14.8. The minimum Gasteiger partial charge on any atom is -0.457 e. The van der Waals surface area contributed by atoms with Crippen LogP contribution in [0.15, 0.2) is 22.6 Å². The summed E-state index contributed by atoms with van der Waals surface area (Å²) < 4.78 is 20.6. The van der Waals surface area contributed by atoms with Crippen molar-refractivity contribution in [3.05, 3.63) is 33.3 Å². The molecular weight excluding hydrogens is 663 g/mol. The number of nitrogens with zero attached hydrogens (tertiary/aromatic N) is 1. The summed E-state index contributed by atoms with van der Waals surface area (Å²) in [6.07, 6.45) is 5.84. The van der Waals surface area contributed by atoms with Crippen LogP contribution in [0.1, 0.15) is 126 Å². The van der Waals surface area contributed by atoms with Crippen molar-refractivity contribution in [2.45, 2.75) is 177 Å². The number of rotatable bonds is 6. The molecule has 1 aromatic heterocycles. The number of cyclic esters (lactones) is 1. The monoisotopic (exact) mass is 733 g/mol. The van der Waals surface area contributed by atoms with Gasteiger partial charge in [-0.3, -0.25) is 9.59 Å². The molecule has 0 N–H and O–H groups in total. The number of ether oxygens (including phenoxy) is 1. The van der Waals surface area contributed by atoms with Crippen molar-refractivity contribution in [2.24, 2.45) is 23.2 Å². The highest BCUT2D eigenvalue weighted by Crippen LogP contribution is 2.44. The number of aromatic nitrogens is 1. The van der Waals surface area contributed by atoms with Crippen LogP contribution >= 0.6 is 11.3 Å². The molecule has 0 bridgehead atoms. The molecule has 6 atom stereocenters. The fourth-order valence-corrected chi connectivity index (χ4v) is 9.79. The fraction of sp³-hybridized carbons (Fsp3) is 0.775. The Bertz CT molecular complexity index is 1350. The lowest BCUT2D eigenvalue weighted by Gasteiger charge is -2.46. The third-order valence-electron chi connectivity index (χ3n) is 11.7. The first-order valence-electron chi connectivity index (χ1n) is 18.5. The number of esters is 1. The molecule has 0 amide bonds. The minimum absolute atomic E-state index is 0.00368. The maximum absolute atomic E-state index is 14.9. The van der Waals surface area contributed by atoms with Gasteiger partial charge in [0.25, 0.3) is 0 Å². The van der Waals surface area contributed by atoms with E-state index >= 15 is 0 Å². The van der Waals surface area contributed by atoms with Crippen molar-refractivity contribution >= 4 is 45.8 Å². The highest BCUT2D eigenvalue weighted by Gasteiger charge is 2.50. The van der Waals surface area contributed by atoms with Crippen molar-refractivity contribution in [2.75, 3.05) is 0 Å². The Hall–Kier alpha value is -1.40. The molecule has 2 heterocycles. The molecule has 0 radical (unpaired) electrons. The lowest BCUT2D eigenvalue weighted by molar-refractivity contribution is -0.154. The molecule has 0 aliphatic carbocycles. The van der Waals surface area contributed by atoms with Gasteiger partial charge < -0.3 is 13.6 Å². The van der Waals surface area contributed by atoms with E-state index in [1.807, 2.05) is 46.1 Å². The average Bonchev–Trinajstić information content (AvgIpc) is 3.35. The summed E-state index contributed by atoms with van der Waals surface area (Å²) in [6.45, 7) is 38.8. The molecule has 0 fully saturated rings.